The Bertz CT molecular complexity index is 147. The molecule has 0 bridgehead atoms. The zero-order chi connectivity index (χ0) is 8.27. The van der Waals surface area contributed by atoms with Crippen molar-refractivity contribution in [3.63, 3.8) is 0 Å². The molecular weight excluding hydrogens is 171 g/mol. The number of nitrogens with zero attached hydrogens (tertiary/aromatic N) is 2. The fourth-order valence-corrected chi connectivity index (χ4v) is 1.22. The molecule has 2 N–H and O–H groups in total. The van der Waals surface area contributed by atoms with Crippen LogP contribution >= 0.6 is 8.25 Å². The minimum atomic E-state index is -2.56. The highest BCUT2D eigenvalue weighted by Gasteiger charge is 2.24. The van der Waals surface area contributed by atoms with Crippen molar-refractivity contribution in [2.75, 3.05) is 26.2 Å². The van der Waals surface area contributed by atoms with E-state index in [4.69, 9.17) is 10.1 Å². The molecule has 6 nitrogen and oxygen atoms in total. The SMILES string of the molecule is O=[P+](O)ON1CCN(O)CC1. The molecule has 0 radical (unpaired) electrons. The number of rotatable bonds is 2. The summed E-state index contributed by atoms with van der Waals surface area (Å²) >= 11 is 0. The molecule has 1 fully saturated rings. The summed E-state index contributed by atoms with van der Waals surface area (Å²) in [6.45, 7) is 1.75. The van der Waals surface area contributed by atoms with Gasteiger partial charge in [-0.15, -0.1) is 9.96 Å². The van der Waals surface area contributed by atoms with Crippen molar-refractivity contribution in [2.45, 2.75) is 0 Å². The number of hydroxylamine groups is 4. The van der Waals surface area contributed by atoms with Gasteiger partial charge in [-0.25, -0.2) is 0 Å². The average Bonchev–Trinajstić information content (AvgIpc) is 1.93. The Kier molecular flexibility index (Phi) is 3.32. The van der Waals surface area contributed by atoms with Crippen LogP contribution in [-0.4, -0.2) is 46.4 Å². The van der Waals surface area contributed by atoms with E-state index < -0.39 is 8.25 Å². The summed E-state index contributed by atoms with van der Waals surface area (Å²) in [4.78, 5) is 8.34. The molecule has 64 valence electrons. The van der Waals surface area contributed by atoms with E-state index in [0.29, 0.717) is 26.2 Å². The highest BCUT2D eigenvalue weighted by Crippen LogP contribution is 2.18. The van der Waals surface area contributed by atoms with Crippen LogP contribution in [0.15, 0.2) is 0 Å². The predicted molar refractivity (Wildman–Crippen MR) is 35.8 cm³/mol. The third-order valence-corrected chi connectivity index (χ3v) is 1.77. The highest BCUT2D eigenvalue weighted by molar-refractivity contribution is 7.32. The molecule has 7 heteroatoms. The largest absolute Gasteiger partial charge is 0.713 e. The summed E-state index contributed by atoms with van der Waals surface area (Å²) in [5.41, 5.74) is 0. The molecule has 0 aromatic heterocycles. The van der Waals surface area contributed by atoms with E-state index >= 15 is 0 Å². The fraction of sp³-hybridized carbons (Fsp3) is 1.00. The lowest BCUT2D eigenvalue weighted by atomic mass is 10.4. The van der Waals surface area contributed by atoms with E-state index in [1.165, 1.54) is 5.06 Å². The molecule has 0 amide bonds. The first-order valence-corrected chi connectivity index (χ1v) is 4.34. The maximum atomic E-state index is 10.2. The fourth-order valence-electron chi connectivity index (χ4n) is 0.858. The van der Waals surface area contributed by atoms with E-state index in [-0.39, 0.29) is 0 Å². The van der Waals surface area contributed by atoms with Gasteiger partial charge in [0.15, 0.2) is 0 Å². The second kappa shape index (κ2) is 4.06. The molecule has 1 atom stereocenters. The molecule has 1 heterocycles. The summed E-state index contributed by atoms with van der Waals surface area (Å²) in [5.74, 6) is 0. The summed E-state index contributed by atoms with van der Waals surface area (Å²) in [6, 6.07) is 0. The standard InChI is InChI=1S/C4H9N2O4P/c7-5-1-3-6(4-2-5)10-11(8)9/h7H,1-4H2/p+1. The normalized spacial score (nSPS) is 23.6. The molecule has 0 saturated carbocycles. The lowest BCUT2D eigenvalue weighted by Gasteiger charge is -2.25. The highest BCUT2D eigenvalue weighted by atomic mass is 31.1. The van der Waals surface area contributed by atoms with Gasteiger partial charge in [0.05, 0.1) is 0 Å². The minimum absolute atomic E-state index is 0.434. The Labute approximate surface area is 64.8 Å². The molecule has 0 aromatic rings. The van der Waals surface area contributed by atoms with Gasteiger partial charge in [0.1, 0.15) is 0 Å². The second-order valence-corrected chi connectivity index (χ2v) is 2.84. The maximum absolute atomic E-state index is 10.2. The van der Waals surface area contributed by atoms with Crippen molar-refractivity contribution in [3.8, 4) is 0 Å². The Morgan fingerprint density at radius 3 is 2.27 bits per heavy atom. The molecule has 0 aromatic carbocycles. The monoisotopic (exact) mass is 181 g/mol. The van der Waals surface area contributed by atoms with Gasteiger partial charge >= 0.3 is 8.25 Å². The average molecular weight is 181 g/mol. The van der Waals surface area contributed by atoms with Crippen LogP contribution in [0, 0.1) is 0 Å². The first-order valence-electron chi connectivity index (χ1n) is 3.21. The second-order valence-electron chi connectivity index (χ2n) is 2.20. The van der Waals surface area contributed by atoms with E-state index in [9.17, 15) is 4.57 Å². The lowest BCUT2D eigenvalue weighted by molar-refractivity contribution is -0.170. The molecule has 1 aliphatic heterocycles. The predicted octanol–water partition coefficient (Wildman–Crippen LogP) is -0.425. The molecule has 1 unspecified atom stereocenters. The molecule has 1 aliphatic rings. The van der Waals surface area contributed by atoms with Gasteiger partial charge in [-0.05, 0) is 4.62 Å². The van der Waals surface area contributed by atoms with Crippen molar-refractivity contribution in [2.24, 2.45) is 0 Å². The molecule has 0 spiro atoms. The van der Waals surface area contributed by atoms with Gasteiger partial charge in [0.2, 0.25) is 0 Å². The first kappa shape index (κ1) is 8.99. The van der Waals surface area contributed by atoms with Gasteiger partial charge in [-0.2, -0.15) is 5.06 Å². The van der Waals surface area contributed by atoms with Crippen LogP contribution in [0.4, 0.5) is 0 Å². The van der Waals surface area contributed by atoms with Crippen LogP contribution in [0.25, 0.3) is 0 Å². The third-order valence-electron chi connectivity index (χ3n) is 1.40. The van der Waals surface area contributed by atoms with Gasteiger partial charge < -0.3 is 5.21 Å². The number of hydrogen-bond acceptors (Lipinski definition) is 5. The van der Waals surface area contributed by atoms with Crippen molar-refractivity contribution < 1.29 is 19.3 Å². The quantitative estimate of drug-likeness (QED) is 0.563. The van der Waals surface area contributed by atoms with E-state index in [2.05, 4.69) is 4.62 Å². The summed E-state index contributed by atoms with van der Waals surface area (Å²) in [5, 5.41) is 11.4. The Morgan fingerprint density at radius 2 is 1.82 bits per heavy atom. The van der Waals surface area contributed by atoms with Crippen molar-refractivity contribution >= 4 is 8.25 Å². The zero-order valence-electron chi connectivity index (χ0n) is 5.88. The number of piperazine rings is 1. The van der Waals surface area contributed by atoms with Crippen molar-refractivity contribution in [1.82, 2.24) is 10.1 Å². The summed E-state index contributed by atoms with van der Waals surface area (Å²) in [6.07, 6.45) is 0. The topological polar surface area (TPSA) is 73.2 Å². The Hall–Kier alpha value is -0.100. The minimum Gasteiger partial charge on any atom is -0.314 e. The Morgan fingerprint density at radius 1 is 1.27 bits per heavy atom. The Balaban J connectivity index is 2.22. The van der Waals surface area contributed by atoms with Crippen LogP contribution in [0.3, 0.4) is 0 Å². The smallest absolute Gasteiger partial charge is 0.314 e. The maximum Gasteiger partial charge on any atom is 0.713 e. The van der Waals surface area contributed by atoms with Crippen LogP contribution in [0.2, 0.25) is 0 Å². The first-order chi connectivity index (χ1) is 5.18. The van der Waals surface area contributed by atoms with E-state index in [1.54, 1.807) is 0 Å². The van der Waals surface area contributed by atoms with Gasteiger partial charge in [-0.1, -0.05) is 0 Å². The van der Waals surface area contributed by atoms with Gasteiger partial charge in [-0.3, -0.25) is 0 Å². The van der Waals surface area contributed by atoms with Crippen LogP contribution in [0.5, 0.6) is 0 Å². The summed E-state index contributed by atoms with van der Waals surface area (Å²) in [7, 11) is -2.56. The van der Waals surface area contributed by atoms with Crippen molar-refractivity contribution in [3.05, 3.63) is 0 Å². The molecule has 1 saturated heterocycles. The van der Waals surface area contributed by atoms with Crippen molar-refractivity contribution in [1.29, 1.82) is 0 Å². The van der Waals surface area contributed by atoms with Crippen LogP contribution in [-0.2, 0) is 9.19 Å². The summed E-state index contributed by atoms with van der Waals surface area (Å²) < 4.78 is 14.7. The third kappa shape index (κ3) is 3.20. The molecule has 1 rings (SSSR count). The van der Waals surface area contributed by atoms with Gasteiger partial charge in [0.25, 0.3) is 0 Å². The lowest BCUT2D eigenvalue weighted by Crippen LogP contribution is -2.43. The van der Waals surface area contributed by atoms with E-state index in [1.807, 2.05) is 0 Å². The molecule has 0 aliphatic carbocycles. The molecular formula is C4H10N2O4P+. The van der Waals surface area contributed by atoms with Gasteiger partial charge in [0, 0.05) is 30.7 Å². The van der Waals surface area contributed by atoms with E-state index in [0.717, 1.165) is 5.06 Å². The zero-order valence-corrected chi connectivity index (χ0v) is 6.78. The number of hydrogen-bond donors (Lipinski definition) is 2. The van der Waals surface area contributed by atoms with Crippen LogP contribution < -0.4 is 0 Å². The van der Waals surface area contributed by atoms with Crippen LogP contribution in [0.1, 0.15) is 0 Å². The molecule has 11 heavy (non-hydrogen) atoms.